The first-order valence-electron chi connectivity index (χ1n) is 3.65. The number of hydrogen-bond acceptors (Lipinski definition) is 3. The number of ether oxygens (including phenoxy) is 1. The van der Waals surface area contributed by atoms with Crippen molar-refractivity contribution in [1.29, 1.82) is 0 Å². The number of halogens is 1. The molecule has 1 aromatic carbocycles. The lowest BCUT2D eigenvalue weighted by molar-refractivity contribution is 0.295. The van der Waals surface area contributed by atoms with Crippen LogP contribution in [0.15, 0.2) is 30.3 Å². The van der Waals surface area contributed by atoms with Crippen molar-refractivity contribution < 1.29 is 13.2 Å². The number of rotatable bonds is 3. The summed E-state index contributed by atoms with van der Waals surface area (Å²) in [5.41, 5.74) is -1.03. The van der Waals surface area contributed by atoms with Crippen LogP contribution >= 0.6 is 10.7 Å². The van der Waals surface area contributed by atoms with E-state index in [1.807, 2.05) is 6.07 Å². The molecule has 1 aromatic rings. The predicted molar refractivity (Wildman–Crippen MR) is 51.3 cm³/mol. The monoisotopic (exact) mass is 220 g/mol. The van der Waals surface area contributed by atoms with Crippen LogP contribution in [0.1, 0.15) is 6.92 Å². The van der Waals surface area contributed by atoms with Crippen molar-refractivity contribution in [3.63, 3.8) is 0 Å². The van der Waals surface area contributed by atoms with Crippen molar-refractivity contribution in [2.24, 2.45) is 0 Å². The fourth-order valence-corrected chi connectivity index (χ4v) is 1.08. The molecule has 13 heavy (non-hydrogen) atoms. The minimum Gasteiger partial charge on any atom is -0.474 e. The molecule has 1 rings (SSSR count). The van der Waals surface area contributed by atoms with Gasteiger partial charge in [-0.25, -0.2) is 8.42 Å². The summed E-state index contributed by atoms with van der Waals surface area (Å²) < 4.78 is 26.6. The first-order valence-corrected chi connectivity index (χ1v) is 6.02. The van der Waals surface area contributed by atoms with E-state index in [9.17, 15) is 8.42 Å². The summed E-state index contributed by atoms with van der Waals surface area (Å²) in [5.74, 6) is 0.485. The Morgan fingerprint density at radius 2 is 1.85 bits per heavy atom. The summed E-state index contributed by atoms with van der Waals surface area (Å²) in [6.45, 7) is 1.38. The van der Waals surface area contributed by atoms with Crippen LogP contribution in [0.25, 0.3) is 0 Å². The molecule has 0 saturated carbocycles. The first kappa shape index (κ1) is 10.3. The van der Waals surface area contributed by atoms with Gasteiger partial charge in [-0.15, -0.1) is 0 Å². The quantitative estimate of drug-likeness (QED) is 0.732. The summed E-state index contributed by atoms with van der Waals surface area (Å²) in [6, 6.07) is 8.65. The van der Waals surface area contributed by atoms with Crippen LogP contribution in [0.2, 0.25) is 0 Å². The highest BCUT2D eigenvalue weighted by molar-refractivity contribution is 8.14. The van der Waals surface area contributed by atoms with Gasteiger partial charge in [-0.1, -0.05) is 18.2 Å². The minimum atomic E-state index is -3.65. The standard InChI is InChI=1S/C8H9ClO3S/c1-7(13(9,10)11)12-8-5-3-2-4-6-8/h2-7H,1H3. The molecule has 0 N–H and O–H groups in total. The highest BCUT2D eigenvalue weighted by Crippen LogP contribution is 2.15. The Morgan fingerprint density at radius 1 is 1.31 bits per heavy atom. The van der Waals surface area contributed by atoms with E-state index in [1.54, 1.807) is 24.3 Å². The van der Waals surface area contributed by atoms with Crippen molar-refractivity contribution in [1.82, 2.24) is 0 Å². The largest absolute Gasteiger partial charge is 0.474 e. The minimum absolute atomic E-state index is 0.485. The maximum atomic E-state index is 10.8. The van der Waals surface area contributed by atoms with Gasteiger partial charge in [0, 0.05) is 10.7 Å². The Kier molecular flexibility index (Phi) is 3.17. The fourth-order valence-electron chi connectivity index (χ4n) is 0.748. The van der Waals surface area contributed by atoms with E-state index in [0.29, 0.717) is 5.75 Å². The van der Waals surface area contributed by atoms with E-state index < -0.39 is 14.5 Å². The molecule has 3 nitrogen and oxygen atoms in total. The molecule has 0 fully saturated rings. The molecule has 0 heterocycles. The van der Waals surface area contributed by atoms with Crippen LogP contribution in [-0.4, -0.2) is 13.9 Å². The molecule has 0 aliphatic carbocycles. The lowest BCUT2D eigenvalue weighted by Gasteiger charge is -2.10. The molecule has 0 amide bonds. The Hall–Kier alpha value is -0.740. The Bertz CT molecular complexity index is 360. The molecule has 72 valence electrons. The molecular weight excluding hydrogens is 212 g/mol. The molecule has 0 aromatic heterocycles. The molecular formula is C8H9ClO3S. The smallest absolute Gasteiger partial charge is 0.270 e. The summed E-state index contributed by atoms with van der Waals surface area (Å²) in [4.78, 5) is 0. The van der Waals surface area contributed by atoms with Crippen LogP contribution in [0.4, 0.5) is 0 Å². The SMILES string of the molecule is CC(Oc1ccccc1)S(=O)(=O)Cl. The molecule has 0 aliphatic heterocycles. The molecule has 0 saturated heterocycles. The number of hydrogen-bond donors (Lipinski definition) is 0. The molecule has 0 spiro atoms. The lowest BCUT2D eigenvalue weighted by Crippen LogP contribution is -2.19. The van der Waals surface area contributed by atoms with Gasteiger partial charge in [-0.2, -0.15) is 0 Å². The van der Waals surface area contributed by atoms with Gasteiger partial charge in [0.2, 0.25) is 5.44 Å². The van der Waals surface area contributed by atoms with Crippen molar-refractivity contribution in [2.75, 3.05) is 0 Å². The van der Waals surface area contributed by atoms with Crippen molar-refractivity contribution in [2.45, 2.75) is 12.4 Å². The second kappa shape index (κ2) is 3.98. The fraction of sp³-hybridized carbons (Fsp3) is 0.250. The van der Waals surface area contributed by atoms with Gasteiger partial charge >= 0.3 is 0 Å². The molecule has 0 aliphatic rings. The highest BCUT2D eigenvalue weighted by Gasteiger charge is 2.18. The summed E-state index contributed by atoms with van der Waals surface area (Å²) in [7, 11) is 1.43. The van der Waals surface area contributed by atoms with Gasteiger partial charge in [0.05, 0.1) is 0 Å². The van der Waals surface area contributed by atoms with E-state index in [0.717, 1.165) is 0 Å². The third-order valence-electron chi connectivity index (χ3n) is 1.44. The molecule has 1 atom stereocenters. The molecule has 1 unspecified atom stereocenters. The van der Waals surface area contributed by atoms with E-state index in [-0.39, 0.29) is 0 Å². The van der Waals surface area contributed by atoms with Gasteiger partial charge in [0.1, 0.15) is 5.75 Å². The maximum absolute atomic E-state index is 10.8. The second-order valence-electron chi connectivity index (χ2n) is 2.47. The summed E-state index contributed by atoms with van der Waals surface area (Å²) in [5, 5.41) is 0. The van der Waals surface area contributed by atoms with Gasteiger partial charge in [0.25, 0.3) is 9.05 Å². The topological polar surface area (TPSA) is 43.4 Å². The zero-order chi connectivity index (χ0) is 9.90. The predicted octanol–water partition coefficient (Wildman–Crippen LogP) is 1.98. The molecule has 0 radical (unpaired) electrons. The van der Waals surface area contributed by atoms with Crippen LogP contribution in [0.5, 0.6) is 5.75 Å². The van der Waals surface area contributed by atoms with Gasteiger partial charge in [0.15, 0.2) is 0 Å². The highest BCUT2D eigenvalue weighted by atomic mass is 35.7. The average molecular weight is 221 g/mol. The first-order chi connectivity index (χ1) is 6.00. The Morgan fingerprint density at radius 3 is 2.31 bits per heavy atom. The van der Waals surface area contributed by atoms with Crippen molar-refractivity contribution in [3.8, 4) is 5.75 Å². The van der Waals surface area contributed by atoms with E-state index in [2.05, 4.69) is 0 Å². The van der Waals surface area contributed by atoms with Crippen LogP contribution in [-0.2, 0) is 9.05 Å². The number of para-hydroxylation sites is 1. The third kappa shape index (κ3) is 3.24. The van der Waals surface area contributed by atoms with Gasteiger partial charge in [-0.05, 0) is 19.1 Å². The molecule has 0 bridgehead atoms. The second-order valence-corrected chi connectivity index (χ2v) is 5.38. The van der Waals surface area contributed by atoms with Crippen LogP contribution < -0.4 is 4.74 Å². The van der Waals surface area contributed by atoms with E-state index in [1.165, 1.54) is 6.92 Å². The van der Waals surface area contributed by atoms with Gasteiger partial charge < -0.3 is 4.74 Å². The normalized spacial score (nSPS) is 13.7. The van der Waals surface area contributed by atoms with E-state index in [4.69, 9.17) is 15.4 Å². The van der Waals surface area contributed by atoms with Gasteiger partial charge in [-0.3, -0.25) is 0 Å². The Balaban J connectivity index is 2.72. The summed E-state index contributed by atoms with van der Waals surface area (Å²) >= 11 is 0. The maximum Gasteiger partial charge on any atom is 0.270 e. The lowest BCUT2D eigenvalue weighted by atomic mass is 10.3. The Labute approximate surface area is 81.7 Å². The van der Waals surface area contributed by atoms with Crippen LogP contribution in [0.3, 0.4) is 0 Å². The average Bonchev–Trinajstić information content (AvgIpc) is 2.04. The van der Waals surface area contributed by atoms with Crippen LogP contribution in [0, 0.1) is 0 Å². The number of benzene rings is 1. The van der Waals surface area contributed by atoms with Crippen molar-refractivity contribution >= 4 is 19.7 Å². The molecule has 5 heteroatoms. The zero-order valence-electron chi connectivity index (χ0n) is 6.98. The van der Waals surface area contributed by atoms with E-state index >= 15 is 0 Å². The zero-order valence-corrected chi connectivity index (χ0v) is 8.55. The third-order valence-corrected chi connectivity index (χ3v) is 3.08. The van der Waals surface area contributed by atoms with Crippen molar-refractivity contribution in [3.05, 3.63) is 30.3 Å². The summed E-state index contributed by atoms with van der Waals surface area (Å²) in [6.07, 6.45) is 0.